The van der Waals surface area contributed by atoms with Crippen molar-refractivity contribution in [2.75, 3.05) is 29.4 Å². The smallest absolute Gasteiger partial charge is 0.306 e. The number of carbonyl (C=O) groups excluding carboxylic acids is 1. The molecule has 1 saturated heterocycles. The molecule has 2 aliphatic rings. The molecule has 0 spiro atoms. The molecule has 3 rings (SSSR count). The molecule has 0 radical (unpaired) electrons. The van der Waals surface area contributed by atoms with E-state index < -0.39 is 5.97 Å². The van der Waals surface area contributed by atoms with Crippen molar-refractivity contribution >= 4 is 23.3 Å². The average molecular weight is 298 g/mol. The number of rotatable bonds is 3. The first-order chi connectivity index (χ1) is 10.6. The van der Waals surface area contributed by atoms with E-state index in [9.17, 15) is 9.59 Å². The van der Waals surface area contributed by atoms with Gasteiger partial charge in [0.25, 0.3) is 0 Å². The second-order valence-electron chi connectivity index (χ2n) is 5.77. The molecule has 0 bridgehead atoms. The van der Waals surface area contributed by atoms with Crippen molar-refractivity contribution < 1.29 is 14.7 Å². The summed E-state index contributed by atoms with van der Waals surface area (Å²) in [6, 6.07) is 5.96. The first-order valence-electron chi connectivity index (χ1n) is 7.44. The Balaban J connectivity index is 1.76. The zero-order chi connectivity index (χ0) is 15.7. The fourth-order valence-electron chi connectivity index (χ4n) is 3.22. The Morgan fingerprint density at radius 3 is 2.73 bits per heavy atom. The van der Waals surface area contributed by atoms with Gasteiger partial charge in [0.15, 0.2) is 0 Å². The van der Waals surface area contributed by atoms with Crippen molar-refractivity contribution in [3.63, 3.8) is 0 Å². The number of hydrogen-bond acceptors (Lipinski definition) is 3. The summed E-state index contributed by atoms with van der Waals surface area (Å²) in [5.41, 5.74) is 2.95. The van der Waals surface area contributed by atoms with Crippen molar-refractivity contribution in [3.8, 4) is 12.3 Å². The van der Waals surface area contributed by atoms with Crippen LogP contribution in [-0.4, -0.2) is 36.6 Å². The van der Waals surface area contributed by atoms with E-state index >= 15 is 0 Å². The lowest BCUT2D eigenvalue weighted by Crippen LogP contribution is -2.36. The van der Waals surface area contributed by atoms with Crippen molar-refractivity contribution in [1.82, 2.24) is 0 Å². The van der Waals surface area contributed by atoms with Crippen LogP contribution in [0.15, 0.2) is 18.2 Å². The van der Waals surface area contributed by atoms with Crippen molar-refractivity contribution in [2.24, 2.45) is 5.92 Å². The van der Waals surface area contributed by atoms with Gasteiger partial charge in [0.1, 0.15) is 0 Å². The Labute approximate surface area is 129 Å². The van der Waals surface area contributed by atoms with Crippen LogP contribution in [0, 0.1) is 18.3 Å². The Hall–Kier alpha value is -2.48. The van der Waals surface area contributed by atoms with Crippen LogP contribution in [-0.2, 0) is 16.0 Å². The number of terminal acetylenes is 1. The number of amides is 1. The van der Waals surface area contributed by atoms with E-state index in [-0.39, 0.29) is 11.8 Å². The number of carboxylic acids is 1. The largest absolute Gasteiger partial charge is 0.481 e. The number of hydrogen-bond donors (Lipinski definition) is 1. The minimum Gasteiger partial charge on any atom is -0.481 e. The van der Waals surface area contributed by atoms with Gasteiger partial charge >= 0.3 is 5.97 Å². The van der Waals surface area contributed by atoms with Gasteiger partial charge < -0.3 is 14.9 Å². The molecule has 1 N–H and O–H groups in total. The number of benzene rings is 1. The van der Waals surface area contributed by atoms with Gasteiger partial charge in [0, 0.05) is 24.5 Å². The number of piperidine rings is 1. The maximum atomic E-state index is 12.0. The number of fused-ring (bicyclic) bond motifs is 1. The van der Waals surface area contributed by atoms with Gasteiger partial charge in [-0.3, -0.25) is 9.59 Å². The average Bonchev–Trinajstić information content (AvgIpc) is 2.83. The van der Waals surface area contributed by atoms with E-state index in [1.807, 2.05) is 18.2 Å². The van der Waals surface area contributed by atoms with E-state index in [0.717, 1.165) is 30.0 Å². The molecule has 2 aliphatic heterocycles. The molecule has 22 heavy (non-hydrogen) atoms. The monoisotopic (exact) mass is 298 g/mol. The molecular formula is C17H18N2O3. The van der Waals surface area contributed by atoms with Gasteiger partial charge in [0.2, 0.25) is 5.91 Å². The summed E-state index contributed by atoms with van der Waals surface area (Å²) in [6.45, 7) is 1.77. The predicted molar refractivity (Wildman–Crippen MR) is 83.9 cm³/mol. The Kier molecular flexibility index (Phi) is 3.76. The highest BCUT2D eigenvalue weighted by Crippen LogP contribution is 2.33. The third-order valence-corrected chi connectivity index (χ3v) is 4.46. The lowest BCUT2D eigenvalue weighted by molar-refractivity contribution is -0.142. The molecule has 1 fully saturated rings. The number of carboxylic acid groups (broad SMARTS) is 1. The molecular weight excluding hydrogens is 280 g/mol. The molecule has 0 saturated carbocycles. The molecule has 0 unspecified atom stereocenters. The molecule has 2 heterocycles. The van der Waals surface area contributed by atoms with Gasteiger partial charge in [0.05, 0.1) is 18.9 Å². The zero-order valence-corrected chi connectivity index (χ0v) is 12.3. The Morgan fingerprint density at radius 2 is 2.09 bits per heavy atom. The van der Waals surface area contributed by atoms with E-state index in [4.69, 9.17) is 11.5 Å². The topological polar surface area (TPSA) is 60.9 Å². The molecule has 114 valence electrons. The van der Waals surface area contributed by atoms with Crippen LogP contribution < -0.4 is 9.80 Å². The summed E-state index contributed by atoms with van der Waals surface area (Å²) in [4.78, 5) is 26.8. The number of anilines is 2. The van der Waals surface area contributed by atoms with Crippen molar-refractivity contribution in [3.05, 3.63) is 23.8 Å². The van der Waals surface area contributed by atoms with Crippen LogP contribution in [0.2, 0.25) is 0 Å². The maximum absolute atomic E-state index is 12.0. The quantitative estimate of drug-likeness (QED) is 0.859. The minimum atomic E-state index is -0.705. The standard InChI is InChI=1S/C17H18N2O3/c1-2-7-19-15-4-3-14(10-13(15)11-16(19)20)18-8-5-12(6-9-18)17(21)22/h1,3-4,10,12H,5-9,11H2,(H,21,22). The predicted octanol–water partition coefficient (Wildman–Crippen LogP) is 1.51. The minimum absolute atomic E-state index is 0.0367. The summed E-state index contributed by atoms with van der Waals surface area (Å²) >= 11 is 0. The van der Waals surface area contributed by atoms with Gasteiger partial charge in [-0.25, -0.2) is 0 Å². The molecule has 1 aromatic rings. The fraction of sp³-hybridized carbons (Fsp3) is 0.412. The molecule has 5 nitrogen and oxygen atoms in total. The summed E-state index contributed by atoms with van der Waals surface area (Å²) in [5.74, 6) is 1.61. The fourth-order valence-corrected chi connectivity index (χ4v) is 3.22. The van der Waals surface area contributed by atoms with Crippen LogP contribution in [0.3, 0.4) is 0 Å². The SMILES string of the molecule is C#CCN1C(=O)Cc2cc(N3CCC(C(=O)O)CC3)ccc21. The first kappa shape index (κ1) is 14.5. The Bertz CT molecular complexity index is 654. The van der Waals surface area contributed by atoms with Crippen molar-refractivity contribution in [2.45, 2.75) is 19.3 Å². The lowest BCUT2D eigenvalue weighted by atomic mass is 9.96. The highest BCUT2D eigenvalue weighted by molar-refractivity contribution is 6.02. The third kappa shape index (κ3) is 2.52. The van der Waals surface area contributed by atoms with Crippen LogP contribution in [0.4, 0.5) is 11.4 Å². The Morgan fingerprint density at radius 1 is 1.36 bits per heavy atom. The molecule has 0 aliphatic carbocycles. The number of aliphatic carboxylic acids is 1. The van der Waals surface area contributed by atoms with Crippen LogP contribution in [0.25, 0.3) is 0 Å². The maximum Gasteiger partial charge on any atom is 0.306 e. The lowest BCUT2D eigenvalue weighted by Gasteiger charge is -2.32. The molecule has 0 aromatic heterocycles. The highest BCUT2D eigenvalue weighted by atomic mass is 16.4. The summed E-state index contributed by atoms with van der Waals surface area (Å²) in [5, 5.41) is 9.05. The zero-order valence-electron chi connectivity index (χ0n) is 12.3. The molecule has 5 heteroatoms. The second kappa shape index (κ2) is 5.72. The number of nitrogens with zero attached hydrogens (tertiary/aromatic N) is 2. The number of carbonyl (C=O) groups is 2. The van der Waals surface area contributed by atoms with Gasteiger partial charge in [-0.05, 0) is 36.6 Å². The van der Waals surface area contributed by atoms with Crippen LogP contribution in [0.5, 0.6) is 0 Å². The second-order valence-corrected chi connectivity index (χ2v) is 5.77. The van der Waals surface area contributed by atoms with E-state index in [2.05, 4.69) is 10.8 Å². The highest BCUT2D eigenvalue weighted by Gasteiger charge is 2.29. The van der Waals surface area contributed by atoms with Gasteiger partial charge in [-0.2, -0.15) is 0 Å². The first-order valence-corrected chi connectivity index (χ1v) is 7.44. The van der Waals surface area contributed by atoms with Gasteiger partial charge in [-0.15, -0.1) is 6.42 Å². The molecule has 1 aromatic carbocycles. The van der Waals surface area contributed by atoms with E-state index in [0.29, 0.717) is 25.8 Å². The molecule has 1 amide bonds. The summed E-state index contributed by atoms with van der Waals surface area (Å²) in [6.07, 6.45) is 7.02. The summed E-state index contributed by atoms with van der Waals surface area (Å²) in [7, 11) is 0. The van der Waals surface area contributed by atoms with Crippen molar-refractivity contribution in [1.29, 1.82) is 0 Å². The van der Waals surface area contributed by atoms with E-state index in [1.165, 1.54) is 0 Å². The third-order valence-electron chi connectivity index (χ3n) is 4.46. The summed E-state index contributed by atoms with van der Waals surface area (Å²) < 4.78 is 0. The molecule has 0 atom stereocenters. The normalized spacial score (nSPS) is 18.2. The van der Waals surface area contributed by atoms with E-state index in [1.54, 1.807) is 4.90 Å². The van der Waals surface area contributed by atoms with Crippen LogP contribution in [0.1, 0.15) is 18.4 Å². The van der Waals surface area contributed by atoms with Gasteiger partial charge in [-0.1, -0.05) is 5.92 Å². The van der Waals surface area contributed by atoms with Crippen LogP contribution >= 0.6 is 0 Å².